The highest BCUT2D eigenvalue weighted by Gasteiger charge is 2.41. The van der Waals surface area contributed by atoms with Crippen molar-refractivity contribution in [1.82, 2.24) is 20.1 Å². The van der Waals surface area contributed by atoms with Crippen LogP contribution in [0.4, 0.5) is 5.69 Å². The fourth-order valence-corrected chi connectivity index (χ4v) is 4.83. The number of hydrogen-bond acceptors (Lipinski definition) is 6. The standard InChI is InChI=1S/C27H34N6O2/c1-27(2,3)21-8-10-22(11-9-21)33(25(34)23-7-5-15-32(23)19-28)24(20-6-4-12-30-18-20)26(35)31-16-13-29-14-17-31/h4,6,8-12,18,23-24,29H,5,7,13-17H2,1-3H3/t23-,24?/m1/s1. The fourth-order valence-electron chi connectivity index (χ4n) is 4.83. The number of pyridine rings is 1. The summed E-state index contributed by atoms with van der Waals surface area (Å²) >= 11 is 0. The van der Waals surface area contributed by atoms with Crippen LogP contribution >= 0.6 is 0 Å². The zero-order valence-electron chi connectivity index (χ0n) is 20.8. The summed E-state index contributed by atoms with van der Waals surface area (Å²) in [7, 11) is 0. The highest BCUT2D eigenvalue weighted by molar-refractivity contribution is 6.04. The molecule has 1 N–H and O–H groups in total. The third-order valence-electron chi connectivity index (χ3n) is 6.84. The molecule has 8 heteroatoms. The minimum Gasteiger partial charge on any atom is -0.338 e. The van der Waals surface area contributed by atoms with Gasteiger partial charge in [0.2, 0.25) is 0 Å². The maximum atomic E-state index is 14.1. The van der Waals surface area contributed by atoms with Crippen molar-refractivity contribution in [2.75, 3.05) is 37.6 Å². The molecule has 0 aliphatic carbocycles. The maximum absolute atomic E-state index is 14.1. The number of aromatic nitrogens is 1. The lowest BCUT2D eigenvalue weighted by molar-refractivity contribution is -0.136. The number of amides is 2. The molecule has 0 radical (unpaired) electrons. The van der Waals surface area contributed by atoms with Crippen LogP contribution in [0.15, 0.2) is 48.8 Å². The van der Waals surface area contributed by atoms with Gasteiger partial charge in [0.15, 0.2) is 6.19 Å². The van der Waals surface area contributed by atoms with Gasteiger partial charge >= 0.3 is 0 Å². The summed E-state index contributed by atoms with van der Waals surface area (Å²) in [5.74, 6) is -0.362. The van der Waals surface area contributed by atoms with Crippen molar-refractivity contribution >= 4 is 17.5 Å². The van der Waals surface area contributed by atoms with Gasteiger partial charge in [-0.05, 0) is 42.0 Å². The van der Waals surface area contributed by atoms with E-state index in [1.165, 1.54) is 4.90 Å². The summed E-state index contributed by atoms with van der Waals surface area (Å²) in [6.07, 6.45) is 6.85. The Morgan fingerprint density at radius 2 is 1.86 bits per heavy atom. The fraction of sp³-hybridized carbons (Fsp3) is 0.481. The number of likely N-dealkylation sites (tertiary alicyclic amines) is 1. The molecule has 2 fully saturated rings. The molecule has 2 atom stereocenters. The van der Waals surface area contributed by atoms with Gasteiger partial charge in [-0.2, -0.15) is 5.26 Å². The van der Waals surface area contributed by atoms with Gasteiger partial charge in [-0.15, -0.1) is 0 Å². The van der Waals surface area contributed by atoms with Crippen molar-refractivity contribution in [3.05, 3.63) is 59.9 Å². The first kappa shape index (κ1) is 24.7. The minimum atomic E-state index is -0.865. The van der Waals surface area contributed by atoms with Crippen LogP contribution in [0.2, 0.25) is 0 Å². The molecule has 1 aromatic carbocycles. The molecule has 184 valence electrons. The Kier molecular flexibility index (Phi) is 7.37. The Balaban J connectivity index is 1.82. The summed E-state index contributed by atoms with van der Waals surface area (Å²) in [5, 5.41) is 12.9. The van der Waals surface area contributed by atoms with E-state index in [4.69, 9.17) is 0 Å². The van der Waals surface area contributed by atoms with Gasteiger partial charge in [-0.1, -0.05) is 39.0 Å². The Labute approximate surface area is 207 Å². The number of nitrogens with zero attached hydrogens (tertiary/aromatic N) is 5. The molecule has 2 aromatic rings. The van der Waals surface area contributed by atoms with Crippen LogP contribution < -0.4 is 10.2 Å². The van der Waals surface area contributed by atoms with Crippen LogP contribution in [-0.4, -0.2) is 65.4 Å². The molecule has 1 unspecified atom stereocenters. The molecule has 4 rings (SSSR count). The smallest absolute Gasteiger partial charge is 0.251 e. The number of rotatable bonds is 5. The molecule has 8 nitrogen and oxygen atoms in total. The summed E-state index contributed by atoms with van der Waals surface area (Å²) in [6, 6.07) is 10.0. The topological polar surface area (TPSA) is 92.6 Å². The van der Waals surface area contributed by atoms with Crippen molar-refractivity contribution in [1.29, 1.82) is 5.26 Å². The van der Waals surface area contributed by atoms with Crippen molar-refractivity contribution in [2.24, 2.45) is 0 Å². The first-order valence-electron chi connectivity index (χ1n) is 12.3. The number of carbonyl (C=O) groups excluding carboxylic acids is 2. The van der Waals surface area contributed by atoms with E-state index in [-0.39, 0.29) is 17.2 Å². The highest BCUT2D eigenvalue weighted by atomic mass is 16.2. The number of nitrogens with one attached hydrogen (secondary N) is 1. The molecule has 2 aliphatic heterocycles. The summed E-state index contributed by atoms with van der Waals surface area (Å²) in [6.45, 7) is 9.55. The zero-order valence-corrected chi connectivity index (χ0v) is 20.8. The van der Waals surface area contributed by atoms with Gasteiger partial charge in [0.05, 0.1) is 0 Å². The molecule has 2 saturated heterocycles. The lowest BCUT2D eigenvalue weighted by atomic mass is 9.87. The maximum Gasteiger partial charge on any atom is 0.251 e. The SMILES string of the molecule is CC(C)(C)c1ccc(N(C(=O)[C@H]2CCCN2C#N)C(C(=O)N2CCNCC2)c2cccnc2)cc1. The van der Waals surface area contributed by atoms with Crippen LogP contribution in [0, 0.1) is 11.5 Å². The molecule has 1 aromatic heterocycles. The van der Waals surface area contributed by atoms with Gasteiger partial charge < -0.3 is 10.2 Å². The van der Waals surface area contributed by atoms with Gasteiger partial charge in [0, 0.05) is 56.4 Å². The Morgan fingerprint density at radius 3 is 2.46 bits per heavy atom. The lowest BCUT2D eigenvalue weighted by Gasteiger charge is -2.38. The number of nitriles is 1. The zero-order chi connectivity index (χ0) is 25.0. The Bertz CT molecular complexity index is 1070. The van der Waals surface area contributed by atoms with E-state index >= 15 is 0 Å². The van der Waals surface area contributed by atoms with E-state index in [0.717, 1.165) is 12.0 Å². The van der Waals surface area contributed by atoms with Crippen LogP contribution in [0.25, 0.3) is 0 Å². The molecule has 0 bridgehead atoms. The third kappa shape index (κ3) is 5.30. The van der Waals surface area contributed by atoms with Crippen molar-refractivity contribution < 1.29 is 9.59 Å². The van der Waals surface area contributed by atoms with Gasteiger partial charge in [0.1, 0.15) is 12.1 Å². The van der Waals surface area contributed by atoms with Gasteiger partial charge in [-0.3, -0.25) is 24.4 Å². The first-order chi connectivity index (χ1) is 16.8. The van der Waals surface area contributed by atoms with E-state index < -0.39 is 12.1 Å². The van der Waals surface area contributed by atoms with Crippen molar-refractivity contribution in [3.8, 4) is 6.19 Å². The average Bonchev–Trinajstić information content (AvgIpc) is 3.36. The summed E-state index contributed by atoms with van der Waals surface area (Å²) < 4.78 is 0. The predicted octanol–water partition coefficient (Wildman–Crippen LogP) is 2.83. The number of hydrogen-bond donors (Lipinski definition) is 1. The van der Waals surface area contributed by atoms with E-state index in [9.17, 15) is 14.9 Å². The average molecular weight is 475 g/mol. The second kappa shape index (κ2) is 10.4. The lowest BCUT2D eigenvalue weighted by Crippen LogP contribution is -2.54. The molecule has 35 heavy (non-hydrogen) atoms. The van der Waals surface area contributed by atoms with Crippen molar-refractivity contribution in [3.63, 3.8) is 0 Å². The van der Waals surface area contributed by atoms with Gasteiger partial charge in [-0.25, -0.2) is 0 Å². The molecule has 0 saturated carbocycles. The van der Waals surface area contributed by atoms with Crippen LogP contribution in [0.1, 0.15) is 50.8 Å². The number of anilines is 1. The quantitative estimate of drug-likeness (QED) is 0.670. The monoisotopic (exact) mass is 474 g/mol. The van der Waals surface area contributed by atoms with Crippen LogP contribution in [0.5, 0.6) is 0 Å². The molecule has 2 amide bonds. The second-order valence-electron chi connectivity index (χ2n) is 10.2. The largest absolute Gasteiger partial charge is 0.338 e. The number of benzene rings is 1. The Morgan fingerprint density at radius 1 is 1.14 bits per heavy atom. The molecule has 2 aliphatic rings. The Hall–Kier alpha value is -3.44. The summed E-state index contributed by atoms with van der Waals surface area (Å²) in [5.41, 5.74) is 2.39. The molecule has 0 spiro atoms. The van der Waals surface area contributed by atoms with Crippen LogP contribution in [0.3, 0.4) is 0 Å². The third-order valence-corrected chi connectivity index (χ3v) is 6.84. The number of carbonyl (C=O) groups is 2. The van der Waals surface area contributed by atoms with E-state index in [1.54, 1.807) is 23.4 Å². The molecular weight excluding hydrogens is 440 g/mol. The second-order valence-corrected chi connectivity index (χ2v) is 10.2. The van der Waals surface area contributed by atoms with E-state index in [0.29, 0.717) is 50.4 Å². The van der Waals surface area contributed by atoms with Crippen LogP contribution in [-0.2, 0) is 15.0 Å². The van der Waals surface area contributed by atoms with E-state index in [1.807, 2.05) is 35.2 Å². The highest BCUT2D eigenvalue weighted by Crippen LogP contribution is 2.34. The number of piperazine rings is 1. The van der Waals surface area contributed by atoms with Gasteiger partial charge in [0.25, 0.3) is 11.8 Å². The molecular formula is C27H34N6O2. The first-order valence-corrected chi connectivity index (χ1v) is 12.3. The minimum absolute atomic E-state index is 0.0458. The summed E-state index contributed by atoms with van der Waals surface area (Å²) in [4.78, 5) is 37.4. The van der Waals surface area contributed by atoms with E-state index in [2.05, 4.69) is 37.3 Å². The van der Waals surface area contributed by atoms with Crippen molar-refractivity contribution in [2.45, 2.75) is 51.1 Å². The molecule has 3 heterocycles. The predicted molar refractivity (Wildman–Crippen MR) is 134 cm³/mol. The normalized spacial score (nSPS) is 19.2.